The summed E-state index contributed by atoms with van der Waals surface area (Å²) >= 11 is 0. The van der Waals surface area contributed by atoms with Crippen molar-refractivity contribution in [2.75, 3.05) is 6.54 Å². The molecule has 0 saturated heterocycles. The van der Waals surface area contributed by atoms with Crippen molar-refractivity contribution in [3.05, 3.63) is 11.3 Å². The molecule has 2 N–H and O–H groups in total. The third-order valence-corrected chi connectivity index (χ3v) is 2.75. The predicted octanol–water partition coefficient (Wildman–Crippen LogP) is 1.47. The average Bonchev–Trinajstić information content (AvgIpc) is 2.37. The van der Waals surface area contributed by atoms with Gasteiger partial charge in [-0.25, -0.2) is 0 Å². The van der Waals surface area contributed by atoms with Crippen LogP contribution in [0.3, 0.4) is 0 Å². The van der Waals surface area contributed by atoms with Gasteiger partial charge in [-0.05, 0) is 33.6 Å². The second-order valence-electron chi connectivity index (χ2n) is 4.29. The first-order valence-corrected chi connectivity index (χ1v) is 6.08. The fourth-order valence-electron chi connectivity index (χ4n) is 1.34. The molecule has 2 amide bonds. The Kier molecular flexibility index (Phi) is 8.29. The van der Waals surface area contributed by atoms with E-state index in [2.05, 4.69) is 16.7 Å². The molecular weight excluding hydrogens is 230 g/mol. The van der Waals surface area contributed by atoms with Gasteiger partial charge in [0.25, 0.3) is 0 Å². The lowest BCUT2D eigenvalue weighted by Gasteiger charge is -2.08. The second-order valence-corrected chi connectivity index (χ2v) is 4.29. The topological polar surface area (TPSA) is 82.0 Å². The SMILES string of the molecule is C/C(NC=O)=C(\C)C(=O)NCCCCC(C)C#N. The fraction of sp³-hybridized carbons (Fsp3) is 0.615. The molecule has 0 rings (SSSR count). The van der Waals surface area contributed by atoms with Crippen molar-refractivity contribution in [1.29, 1.82) is 5.26 Å². The lowest BCUT2D eigenvalue weighted by Crippen LogP contribution is -2.27. The van der Waals surface area contributed by atoms with Crippen LogP contribution in [0.2, 0.25) is 0 Å². The van der Waals surface area contributed by atoms with E-state index >= 15 is 0 Å². The van der Waals surface area contributed by atoms with E-state index in [9.17, 15) is 9.59 Å². The van der Waals surface area contributed by atoms with Gasteiger partial charge >= 0.3 is 0 Å². The molecule has 0 aliphatic heterocycles. The number of allylic oxidation sites excluding steroid dienone is 1. The Bertz CT molecular complexity index is 356. The molecule has 1 atom stereocenters. The van der Waals surface area contributed by atoms with Gasteiger partial charge in [-0.3, -0.25) is 9.59 Å². The van der Waals surface area contributed by atoms with Crippen LogP contribution in [0.25, 0.3) is 0 Å². The van der Waals surface area contributed by atoms with Crippen LogP contribution in [0.5, 0.6) is 0 Å². The van der Waals surface area contributed by atoms with Crippen LogP contribution in [0.15, 0.2) is 11.3 Å². The third kappa shape index (κ3) is 6.69. The summed E-state index contributed by atoms with van der Waals surface area (Å²) < 4.78 is 0. The quantitative estimate of drug-likeness (QED) is 0.389. The fourth-order valence-corrected chi connectivity index (χ4v) is 1.34. The van der Waals surface area contributed by atoms with Gasteiger partial charge in [0, 0.05) is 23.7 Å². The number of carbonyl (C=O) groups excluding carboxylic acids is 2. The van der Waals surface area contributed by atoms with E-state index in [-0.39, 0.29) is 11.8 Å². The van der Waals surface area contributed by atoms with E-state index in [4.69, 9.17) is 5.26 Å². The maximum atomic E-state index is 11.6. The summed E-state index contributed by atoms with van der Waals surface area (Å²) in [5, 5.41) is 13.8. The zero-order valence-electron chi connectivity index (χ0n) is 11.2. The molecule has 0 radical (unpaired) electrons. The van der Waals surface area contributed by atoms with Crippen molar-refractivity contribution in [1.82, 2.24) is 10.6 Å². The molecule has 0 aliphatic carbocycles. The first-order valence-electron chi connectivity index (χ1n) is 6.08. The molecule has 18 heavy (non-hydrogen) atoms. The van der Waals surface area contributed by atoms with Gasteiger partial charge < -0.3 is 10.6 Å². The Morgan fingerprint density at radius 1 is 1.39 bits per heavy atom. The summed E-state index contributed by atoms with van der Waals surface area (Å²) in [6.45, 7) is 5.82. The highest BCUT2D eigenvalue weighted by atomic mass is 16.1. The molecule has 0 heterocycles. The lowest BCUT2D eigenvalue weighted by atomic mass is 10.1. The van der Waals surface area contributed by atoms with Crippen LogP contribution in [0, 0.1) is 17.2 Å². The van der Waals surface area contributed by atoms with Gasteiger partial charge in [-0.15, -0.1) is 0 Å². The van der Waals surface area contributed by atoms with Gasteiger partial charge in [-0.2, -0.15) is 5.26 Å². The summed E-state index contributed by atoms with van der Waals surface area (Å²) in [6, 6.07) is 2.18. The number of unbranched alkanes of at least 4 members (excludes halogenated alkanes) is 1. The minimum absolute atomic E-state index is 0.0707. The van der Waals surface area contributed by atoms with Crippen LogP contribution in [0.4, 0.5) is 0 Å². The summed E-state index contributed by atoms with van der Waals surface area (Å²) in [4.78, 5) is 21.9. The van der Waals surface area contributed by atoms with Gasteiger partial charge in [-0.1, -0.05) is 6.42 Å². The van der Waals surface area contributed by atoms with E-state index in [1.54, 1.807) is 13.8 Å². The van der Waals surface area contributed by atoms with Crippen molar-refractivity contribution in [2.45, 2.75) is 40.0 Å². The van der Waals surface area contributed by atoms with E-state index in [0.29, 0.717) is 24.2 Å². The van der Waals surface area contributed by atoms with E-state index in [0.717, 1.165) is 19.3 Å². The highest BCUT2D eigenvalue weighted by Gasteiger charge is 2.06. The normalized spacial score (nSPS) is 13.0. The summed E-state index contributed by atoms with van der Waals surface area (Å²) in [5.74, 6) is -0.100. The molecule has 0 aromatic carbocycles. The number of nitrogens with zero attached hydrogens (tertiary/aromatic N) is 1. The van der Waals surface area contributed by atoms with Crippen LogP contribution < -0.4 is 10.6 Å². The standard InChI is InChI=1S/C13H21N3O2/c1-10(8-14)6-4-5-7-15-13(18)11(2)12(3)16-9-17/h9-10H,4-7H2,1-3H3,(H,15,18)(H,16,17)/b12-11-. The summed E-state index contributed by atoms with van der Waals surface area (Å²) in [6.07, 6.45) is 3.18. The smallest absolute Gasteiger partial charge is 0.248 e. The predicted molar refractivity (Wildman–Crippen MR) is 69.2 cm³/mol. The minimum Gasteiger partial charge on any atom is -0.352 e. The largest absolute Gasteiger partial charge is 0.352 e. The average molecular weight is 251 g/mol. The van der Waals surface area contributed by atoms with Crippen molar-refractivity contribution >= 4 is 12.3 Å². The zero-order chi connectivity index (χ0) is 14.0. The number of amides is 2. The van der Waals surface area contributed by atoms with Crippen molar-refractivity contribution in [2.24, 2.45) is 5.92 Å². The van der Waals surface area contributed by atoms with E-state index in [1.807, 2.05) is 6.92 Å². The number of hydrogen-bond acceptors (Lipinski definition) is 3. The number of hydrogen-bond donors (Lipinski definition) is 2. The highest BCUT2D eigenvalue weighted by molar-refractivity contribution is 5.93. The summed E-state index contributed by atoms with van der Waals surface area (Å²) in [7, 11) is 0. The van der Waals surface area contributed by atoms with Gasteiger partial charge in [0.15, 0.2) is 0 Å². The van der Waals surface area contributed by atoms with E-state index in [1.165, 1.54) is 0 Å². The molecule has 0 fully saturated rings. The van der Waals surface area contributed by atoms with Crippen LogP contribution in [-0.4, -0.2) is 18.9 Å². The Morgan fingerprint density at radius 3 is 2.61 bits per heavy atom. The van der Waals surface area contributed by atoms with Crippen LogP contribution in [-0.2, 0) is 9.59 Å². The van der Waals surface area contributed by atoms with Gasteiger partial charge in [0.1, 0.15) is 0 Å². The van der Waals surface area contributed by atoms with Gasteiger partial charge in [0.05, 0.1) is 6.07 Å². The first-order chi connectivity index (χ1) is 8.52. The second kappa shape index (κ2) is 9.23. The van der Waals surface area contributed by atoms with Crippen molar-refractivity contribution in [3.8, 4) is 6.07 Å². The molecule has 0 saturated carbocycles. The monoisotopic (exact) mass is 251 g/mol. The Morgan fingerprint density at radius 2 is 2.06 bits per heavy atom. The number of nitrogens with one attached hydrogen (secondary N) is 2. The molecular formula is C13H21N3O2. The highest BCUT2D eigenvalue weighted by Crippen LogP contribution is 2.05. The number of rotatable bonds is 8. The lowest BCUT2D eigenvalue weighted by molar-refractivity contribution is -0.117. The molecule has 0 bridgehead atoms. The third-order valence-electron chi connectivity index (χ3n) is 2.75. The van der Waals surface area contributed by atoms with Crippen LogP contribution >= 0.6 is 0 Å². The first kappa shape index (κ1) is 16.2. The zero-order valence-corrected chi connectivity index (χ0v) is 11.2. The molecule has 0 aliphatic rings. The molecule has 5 nitrogen and oxygen atoms in total. The Labute approximate surface area is 108 Å². The molecule has 100 valence electrons. The van der Waals surface area contributed by atoms with Crippen molar-refractivity contribution < 1.29 is 9.59 Å². The molecule has 5 heteroatoms. The maximum Gasteiger partial charge on any atom is 0.248 e. The Hall–Kier alpha value is -1.83. The molecule has 0 spiro atoms. The molecule has 1 unspecified atom stereocenters. The van der Waals surface area contributed by atoms with Crippen LogP contribution in [0.1, 0.15) is 40.0 Å². The molecule has 0 aromatic heterocycles. The minimum atomic E-state index is -0.171. The van der Waals surface area contributed by atoms with Gasteiger partial charge in [0.2, 0.25) is 12.3 Å². The number of nitriles is 1. The van der Waals surface area contributed by atoms with Crippen molar-refractivity contribution in [3.63, 3.8) is 0 Å². The summed E-state index contributed by atoms with van der Waals surface area (Å²) in [5.41, 5.74) is 1.06. The Balaban J connectivity index is 3.88. The number of carbonyl (C=O) groups is 2. The maximum absolute atomic E-state index is 11.6. The molecule has 0 aromatic rings. The van der Waals surface area contributed by atoms with E-state index < -0.39 is 0 Å².